The van der Waals surface area contributed by atoms with Gasteiger partial charge in [0.15, 0.2) is 0 Å². The third-order valence-corrected chi connectivity index (χ3v) is 5.94. The van der Waals surface area contributed by atoms with Crippen molar-refractivity contribution in [3.8, 4) is 0 Å². The first-order valence-corrected chi connectivity index (χ1v) is 10.5. The van der Waals surface area contributed by atoms with Crippen LogP contribution in [0.2, 0.25) is 0 Å². The second-order valence-electron chi connectivity index (χ2n) is 6.73. The summed E-state index contributed by atoms with van der Waals surface area (Å²) in [6, 6.07) is 7.85. The van der Waals surface area contributed by atoms with E-state index >= 15 is 0 Å². The van der Waals surface area contributed by atoms with Crippen LogP contribution in [0.15, 0.2) is 40.1 Å². The van der Waals surface area contributed by atoms with E-state index in [-0.39, 0.29) is 5.91 Å². The summed E-state index contributed by atoms with van der Waals surface area (Å²) < 4.78 is 0.888. The van der Waals surface area contributed by atoms with E-state index in [9.17, 15) is 4.79 Å². The standard InChI is InChI=1S/C19H23BrN4OS/c1-13-5-6-16(15(20)8-13)23-18(25)11-26-19-9-17(21-12-22-19)24-7-3-4-14(2)10-24/h5-6,8-9,12,14H,3-4,7,10-11H2,1-2H3,(H,23,25)/t14-/m0/s1. The van der Waals surface area contributed by atoms with Gasteiger partial charge in [-0.3, -0.25) is 4.79 Å². The van der Waals surface area contributed by atoms with Crippen molar-refractivity contribution < 1.29 is 4.79 Å². The molecular weight excluding hydrogens is 412 g/mol. The number of amides is 1. The minimum Gasteiger partial charge on any atom is -0.356 e. The average Bonchev–Trinajstić information content (AvgIpc) is 2.63. The monoisotopic (exact) mass is 434 g/mol. The molecule has 3 rings (SSSR count). The molecule has 7 heteroatoms. The first-order valence-electron chi connectivity index (χ1n) is 8.77. The van der Waals surface area contributed by atoms with Gasteiger partial charge in [0, 0.05) is 23.6 Å². The van der Waals surface area contributed by atoms with Crippen LogP contribution in [0.25, 0.3) is 0 Å². The largest absolute Gasteiger partial charge is 0.356 e. The number of anilines is 2. The van der Waals surface area contributed by atoms with Crippen molar-refractivity contribution in [1.29, 1.82) is 0 Å². The summed E-state index contributed by atoms with van der Waals surface area (Å²) in [5.74, 6) is 1.91. The molecule has 1 amide bonds. The maximum atomic E-state index is 12.2. The molecule has 0 spiro atoms. The van der Waals surface area contributed by atoms with Crippen molar-refractivity contribution in [3.05, 3.63) is 40.6 Å². The van der Waals surface area contributed by atoms with E-state index in [0.29, 0.717) is 11.7 Å². The fourth-order valence-corrected chi connectivity index (χ4v) is 4.28. The van der Waals surface area contributed by atoms with Crippen LogP contribution >= 0.6 is 27.7 Å². The summed E-state index contributed by atoms with van der Waals surface area (Å²) in [4.78, 5) is 23.3. The van der Waals surface area contributed by atoms with Gasteiger partial charge in [0.25, 0.3) is 0 Å². The van der Waals surface area contributed by atoms with Crippen molar-refractivity contribution in [2.45, 2.75) is 31.7 Å². The highest BCUT2D eigenvalue weighted by Gasteiger charge is 2.18. The maximum absolute atomic E-state index is 12.2. The molecule has 1 aromatic carbocycles. The predicted octanol–water partition coefficient (Wildman–Crippen LogP) is 4.51. The number of carbonyl (C=O) groups is 1. The minimum atomic E-state index is -0.0497. The van der Waals surface area contributed by atoms with E-state index in [1.54, 1.807) is 6.33 Å². The Bertz CT molecular complexity index is 786. The van der Waals surface area contributed by atoms with Crippen LogP contribution in [-0.2, 0) is 4.79 Å². The number of piperidine rings is 1. The number of hydrogen-bond acceptors (Lipinski definition) is 5. The van der Waals surface area contributed by atoms with Crippen LogP contribution in [0.3, 0.4) is 0 Å². The molecule has 1 fully saturated rings. The van der Waals surface area contributed by atoms with E-state index in [0.717, 1.165) is 39.7 Å². The zero-order chi connectivity index (χ0) is 18.5. The summed E-state index contributed by atoms with van der Waals surface area (Å²) in [5.41, 5.74) is 1.93. The lowest BCUT2D eigenvalue weighted by Crippen LogP contribution is -2.34. The maximum Gasteiger partial charge on any atom is 0.234 e. The Hall–Kier alpha value is -1.60. The van der Waals surface area contributed by atoms with E-state index in [1.807, 2.05) is 31.2 Å². The van der Waals surface area contributed by atoms with Gasteiger partial charge in [-0.15, -0.1) is 0 Å². The van der Waals surface area contributed by atoms with Crippen LogP contribution in [0.5, 0.6) is 0 Å². The molecule has 1 aliphatic heterocycles. The van der Waals surface area contributed by atoms with Gasteiger partial charge < -0.3 is 10.2 Å². The SMILES string of the molecule is Cc1ccc(NC(=O)CSc2cc(N3CCC[C@H](C)C3)ncn2)c(Br)c1. The van der Waals surface area contributed by atoms with Crippen LogP contribution in [0, 0.1) is 12.8 Å². The zero-order valence-corrected chi connectivity index (χ0v) is 17.4. The number of benzene rings is 1. The molecule has 5 nitrogen and oxygen atoms in total. The lowest BCUT2D eigenvalue weighted by atomic mass is 10.0. The van der Waals surface area contributed by atoms with Crippen molar-refractivity contribution in [2.24, 2.45) is 5.92 Å². The predicted molar refractivity (Wildman–Crippen MR) is 111 cm³/mol. The van der Waals surface area contributed by atoms with Gasteiger partial charge in [-0.1, -0.05) is 24.8 Å². The zero-order valence-electron chi connectivity index (χ0n) is 15.0. The van der Waals surface area contributed by atoms with Crippen molar-refractivity contribution >= 4 is 45.1 Å². The lowest BCUT2D eigenvalue weighted by Gasteiger charge is -2.31. The van der Waals surface area contributed by atoms with Gasteiger partial charge in [0.2, 0.25) is 5.91 Å². The quantitative estimate of drug-likeness (QED) is 0.553. The van der Waals surface area contributed by atoms with Crippen molar-refractivity contribution in [2.75, 3.05) is 29.1 Å². The first-order chi connectivity index (χ1) is 12.5. The molecule has 1 atom stereocenters. The van der Waals surface area contributed by atoms with E-state index in [4.69, 9.17) is 0 Å². The van der Waals surface area contributed by atoms with Crippen LogP contribution in [0.1, 0.15) is 25.3 Å². The topological polar surface area (TPSA) is 58.1 Å². The summed E-state index contributed by atoms with van der Waals surface area (Å²) in [6.07, 6.45) is 4.06. The molecule has 0 bridgehead atoms. The molecule has 2 heterocycles. The van der Waals surface area contributed by atoms with Crippen LogP contribution in [0.4, 0.5) is 11.5 Å². The number of rotatable bonds is 5. The molecule has 1 N–H and O–H groups in total. The number of aryl methyl sites for hydroxylation is 1. The Morgan fingerprint density at radius 1 is 1.38 bits per heavy atom. The molecule has 1 aliphatic rings. The fourth-order valence-electron chi connectivity index (χ4n) is 3.03. The number of nitrogens with one attached hydrogen (secondary N) is 1. The number of carbonyl (C=O) groups excluding carboxylic acids is 1. The van der Waals surface area contributed by atoms with E-state index in [1.165, 1.54) is 24.6 Å². The van der Waals surface area contributed by atoms with Gasteiger partial charge in [-0.2, -0.15) is 0 Å². The van der Waals surface area contributed by atoms with Gasteiger partial charge in [-0.05, 0) is 59.3 Å². The molecule has 0 saturated carbocycles. The van der Waals surface area contributed by atoms with Crippen molar-refractivity contribution in [1.82, 2.24) is 9.97 Å². The number of nitrogens with zero attached hydrogens (tertiary/aromatic N) is 3. The Morgan fingerprint density at radius 3 is 3.00 bits per heavy atom. The van der Waals surface area contributed by atoms with E-state index < -0.39 is 0 Å². The number of halogens is 1. The lowest BCUT2D eigenvalue weighted by molar-refractivity contribution is -0.113. The number of hydrogen-bond donors (Lipinski definition) is 1. The van der Waals surface area contributed by atoms with Gasteiger partial charge in [0.05, 0.1) is 11.4 Å². The van der Waals surface area contributed by atoms with Crippen molar-refractivity contribution in [3.63, 3.8) is 0 Å². The molecule has 0 aliphatic carbocycles. The van der Waals surface area contributed by atoms with Crippen LogP contribution < -0.4 is 10.2 Å². The molecule has 1 aromatic heterocycles. The summed E-state index contributed by atoms with van der Waals surface area (Å²) in [7, 11) is 0. The third-order valence-electron chi connectivity index (χ3n) is 4.36. The second kappa shape index (κ2) is 8.86. The smallest absolute Gasteiger partial charge is 0.234 e. The van der Waals surface area contributed by atoms with Crippen LogP contribution in [-0.4, -0.2) is 34.7 Å². The highest BCUT2D eigenvalue weighted by Crippen LogP contribution is 2.26. The molecule has 0 unspecified atom stereocenters. The Labute approximate surface area is 167 Å². The van der Waals surface area contributed by atoms with Gasteiger partial charge in [0.1, 0.15) is 17.2 Å². The molecular formula is C19H23BrN4OS. The fraction of sp³-hybridized carbons (Fsp3) is 0.421. The highest BCUT2D eigenvalue weighted by molar-refractivity contribution is 9.10. The number of thioether (sulfide) groups is 1. The van der Waals surface area contributed by atoms with E-state index in [2.05, 4.69) is 43.0 Å². The molecule has 138 valence electrons. The Morgan fingerprint density at radius 2 is 2.23 bits per heavy atom. The summed E-state index contributed by atoms with van der Waals surface area (Å²) in [6.45, 7) is 6.36. The molecule has 1 saturated heterocycles. The second-order valence-corrected chi connectivity index (χ2v) is 8.58. The third kappa shape index (κ3) is 5.20. The Balaban J connectivity index is 1.57. The Kier molecular flexibility index (Phi) is 6.53. The molecule has 0 radical (unpaired) electrons. The average molecular weight is 435 g/mol. The number of aromatic nitrogens is 2. The molecule has 26 heavy (non-hydrogen) atoms. The van der Waals surface area contributed by atoms with Gasteiger partial charge in [-0.25, -0.2) is 9.97 Å². The minimum absolute atomic E-state index is 0.0497. The van der Waals surface area contributed by atoms with Gasteiger partial charge >= 0.3 is 0 Å². The summed E-state index contributed by atoms with van der Waals surface area (Å²) in [5, 5.41) is 3.76. The normalized spacial score (nSPS) is 17.2. The highest BCUT2D eigenvalue weighted by atomic mass is 79.9. The molecule has 2 aromatic rings. The first kappa shape index (κ1) is 19.2. The summed E-state index contributed by atoms with van der Waals surface area (Å²) >= 11 is 4.91.